The first-order valence-electron chi connectivity index (χ1n) is 3.65. The minimum absolute atomic E-state index is 0.802. The predicted molar refractivity (Wildman–Crippen MR) is 79.3 cm³/mol. The van der Waals surface area contributed by atoms with Crippen LogP contribution in [0.1, 0.15) is 0 Å². The Kier molecular flexibility index (Phi) is 8.01. The van der Waals surface area contributed by atoms with Gasteiger partial charge in [0.2, 0.25) is 0 Å². The highest BCUT2D eigenvalue weighted by Crippen LogP contribution is 2.40. The van der Waals surface area contributed by atoms with E-state index in [0.29, 0.717) is 0 Å². The summed E-state index contributed by atoms with van der Waals surface area (Å²) in [7, 11) is -4.64. The normalized spacial score (nSPS) is 10.6. The molecule has 6 nitrogen and oxygen atoms in total. The molecule has 6 N–H and O–H groups in total. The molecule has 0 fully saturated rings. The summed E-state index contributed by atoms with van der Waals surface area (Å²) >= 11 is 13.5. The van der Waals surface area contributed by atoms with Crippen LogP contribution in [0.4, 0.5) is 5.69 Å². The summed E-state index contributed by atoms with van der Waals surface area (Å²) in [6.45, 7) is 0. The smallest absolute Gasteiger partial charge is 0.322 e. The van der Waals surface area contributed by atoms with E-state index in [-0.39, 0.29) is 0 Å². The van der Waals surface area contributed by atoms with Crippen LogP contribution in [0.25, 0.3) is 0 Å². The Labute approximate surface area is 131 Å². The highest BCUT2D eigenvalue weighted by atomic mass is 79.9. The van der Waals surface area contributed by atoms with Crippen LogP contribution in [-0.4, -0.2) is 14.7 Å². The Morgan fingerprint density at radius 3 is 1.59 bits per heavy atom. The molecule has 0 atom stereocenters. The minimum atomic E-state index is -4.64. The van der Waals surface area contributed by atoms with E-state index in [2.05, 4.69) is 69.1 Å². The first kappa shape index (κ1) is 18.0. The van der Waals surface area contributed by atoms with Crippen LogP contribution >= 0.6 is 71.5 Å². The Bertz CT molecular complexity index is 418. The Balaban J connectivity index is 0.000000437. The summed E-state index contributed by atoms with van der Waals surface area (Å²) in [6, 6.07) is 1.93. The largest absolute Gasteiger partial charge is 0.466 e. The molecule has 11 heteroatoms. The SMILES string of the molecule is NNc1c(Br)c(Br)cc(Br)c1Br.O=P(O)(O)O. The molecule has 0 amide bonds. The summed E-state index contributed by atoms with van der Waals surface area (Å²) in [6.07, 6.45) is 0. The monoisotopic (exact) mass is 518 g/mol. The molecule has 1 aromatic carbocycles. The lowest BCUT2D eigenvalue weighted by Crippen LogP contribution is -2.08. The lowest BCUT2D eigenvalue weighted by atomic mass is 10.3. The van der Waals surface area contributed by atoms with E-state index < -0.39 is 7.82 Å². The average Bonchev–Trinajstić information content (AvgIpc) is 2.13. The third kappa shape index (κ3) is 7.24. The zero-order valence-corrected chi connectivity index (χ0v) is 15.1. The van der Waals surface area contributed by atoms with Gasteiger partial charge in [0.15, 0.2) is 0 Å². The molecule has 0 saturated carbocycles. The van der Waals surface area contributed by atoms with Crippen molar-refractivity contribution in [3.8, 4) is 0 Å². The second kappa shape index (κ2) is 7.56. The number of benzene rings is 1. The number of hydrogen-bond donors (Lipinski definition) is 5. The van der Waals surface area contributed by atoms with Crippen LogP contribution < -0.4 is 11.3 Å². The molecule has 0 heterocycles. The van der Waals surface area contributed by atoms with Gasteiger partial charge in [-0.25, -0.2) is 4.57 Å². The molecular weight excluding hydrogens is 515 g/mol. The van der Waals surface area contributed by atoms with Crippen molar-refractivity contribution >= 4 is 77.2 Å². The highest BCUT2D eigenvalue weighted by molar-refractivity contribution is 9.14. The molecule has 0 aromatic heterocycles. The van der Waals surface area contributed by atoms with Crippen molar-refractivity contribution < 1.29 is 19.2 Å². The van der Waals surface area contributed by atoms with E-state index in [9.17, 15) is 0 Å². The van der Waals surface area contributed by atoms with E-state index in [0.717, 1.165) is 23.6 Å². The van der Waals surface area contributed by atoms with Gasteiger partial charge in [-0.3, -0.25) is 5.84 Å². The van der Waals surface area contributed by atoms with Crippen LogP contribution in [-0.2, 0) is 4.57 Å². The maximum Gasteiger partial charge on any atom is 0.466 e. The van der Waals surface area contributed by atoms with Crippen LogP contribution in [0, 0.1) is 0 Å². The standard InChI is InChI=1S/C6H4Br4N2.H3O4P/c7-2-1-3(8)5(10)6(12-11)4(2)9;1-5(2,3)4/h1,12H,11H2;(H3,1,2,3,4). The Morgan fingerprint density at radius 1 is 1.06 bits per heavy atom. The molecule has 0 radical (unpaired) electrons. The number of halogens is 4. The molecule has 0 unspecified atom stereocenters. The van der Waals surface area contributed by atoms with Crippen LogP contribution in [0.3, 0.4) is 0 Å². The Hall–Kier alpha value is 1.01. The van der Waals surface area contributed by atoms with Crippen molar-refractivity contribution in [3.05, 3.63) is 24.0 Å². The zero-order chi connectivity index (χ0) is 13.8. The first-order valence-corrected chi connectivity index (χ1v) is 8.39. The van der Waals surface area contributed by atoms with Gasteiger partial charge in [0, 0.05) is 8.95 Å². The minimum Gasteiger partial charge on any atom is -0.322 e. The van der Waals surface area contributed by atoms with Gasteiger partial charge in [-0.2, -0.15) is 0 Å². The maximum atomic E-state index is 8.88. The number of anilines is 1. The molecule has 0 spiro atoms. The molecule has 0 saturated heterocycles. The second-order valence-corrected chi connectivity index (χ2v) is 6.82. The van der Waals surface area contributed by atoms with Crippen molar-refractivity contribution in [1.82, 2.24) is 0 Å². The lowest BCUT2D eigenvalue weighted by molar-refractivity contribution is 0.275. The van der Waals surface area contributed by atoms with Crippen molar-refractivity contribution in [3.63, 3.8) is 0 Å². The fraction of sp³-hybridized carbons (Fsp3) is 0. The summed E-state index contributed by atoms with van der Waals surface area (Å²) in [5.74, 6) is 5.34. The summed E-state index contributed by atoms with van der Waals surface area (Å²) < 4.78 is 12.5. The third-order valence-corrected chi connectivity index (χ3v) is 5.22. The van der Waals surface area contributed by atoms with E-state index in [1.54, 1.807) is 0 Å². The molecule has 1 rings (SSSR count). The molecular formula is C6H7Br4N2O4P. The van der Waals surface area contributed by atoms with Gasteiger partial charge in [-0.05, 0) is 69.8 Å². The third-order valence-electron chi connectivity index (χ3n) is 1.26. The predicted octanol–water partition coefficient (Wildman–Crippen LogP) is 3.09. The number of nitrogens with one attached hydrogen (secondary N) is 1. The van der Waals surface area contributed by atoms with Gasteiger partial charge in [0.05, 0.1) is 14.6 Å². The number of hydrazine groups is 1. The average molecular weight is 522 g/mol. The fourth-order valence-corrected chi connectivity index (χ4v) is 2.98. The van der Waals surface area contributed by atoms with E-state index in [1.807, 2.05) is 6.07 Å². The van der Waals surface area contributed by atoms with Gasteiger partial charge in [-0.1, -0.05) is 0 Å². The number of hydrogen-bond acceptors (Lipinski definition) is 3. The van der Waals surface area contributed by atoms with Crippen LogP contribution in [0.5, 0.6) is 0 Å². The topological polar surface area (TPSA) is 116 Å². The van der Waals surface area contributed by atoms with Gasteiger partial charge in [0.1, 0.15) is 0 Å². The molecule has 0 aliphatic rings. The molecule has 98 valence electrons. The summed E-state index contributed by atoms with van der Waals surface area (Å²) in [5, 5.41) is 0. The van der Waals surface area contributed by atoms with Crippen molar-refractivity contribution in [2.45, 2.75) is 0 Å². The number of rotatable bonds is 1. The lowest BCUT2D eigenvalue weighted by Gasteiger charge is -2.09. The molecule has 1 aromatic rings. The van der Waals surface area contributed by atoms with Gasteiger partial charge >= 0.3 is 7.82 Å². The molecule has 0 bridgehead atoms. The molecule has 0 aliphatic carbocycles. The number of nitrogens with two attached hydrogens (primary N) is 1. The van der Waals surface area contributed by atoms with Crippen molar-refractivity contribution in [2.24, 2.45) is 5.84 Å². The van der Waals surface area contributed by atoms with Gasteiger partial charge < -0.3 is 20.1 Å². The first-order chi connectivity index (χ1) is 7.57. The van der Waals surface area contributed by atoms with E-state index >= 15 is 0 Å². The van der Waals surface area contributed by atoms with Gasteiger partial charge in [0.25, 0.3) is 0 Å². The van der Waals surface area contributed by atoms with Crippen molar-refractivity contribution in [1.29, 1.82) is 0 Å². The number of nitrogen functional groups attached to an aromatic ring is 1. The van der Waals surface area contributed by atoms with E-state index in [4.69, 9.17) is 25.1 Å². The fourth-order valence-electron chi connectivity index (χ4n) is 0.700. The summed E-state index contributed by atoms with van der Waals surface area (Å²) in [4.78, 5) is 21.6. The van der Waals surface area contributed by atoms with Crippen LogP contribution in [0.2, 0.25) is 0 Å². The Morgan fingerprint density at radius 2 is 1.35 bits per heavy atom. The quantitative estimate of drug-likeness (QED) is 0.168. The van der Waals surface area contributed by atoms with Crippen molar-refractivity contribution in [2.75, 3.05) is 5.43 Å². The maximum absolute atomic E-state index is 8.88. The molecule has 17 heavy (non-hydrogen) atoms. The highest BCUT2D eigenvalue weighted by Gasteiger charge is 2.10. The molecule has 0 aliphatic heterocycles. The second-order valence-electron chi connectivity index (χ2n) is 2.50. The summed E-state index contributed by atoms with van der Waals surface area (Å²) in [5.41, 5.74) is 3.39. The number of phosphoric acid groups is 1. The van der Waals surface area contributed by atoms with E-state index in [1.165, 1.54) is 0 Å². The zero-order valence-electron chi connectivity index (χ0n) is 7.86. The van der Waals surface area contributed by atoms with Gasteiger partial charge in [-0.15, -0.1) is 0 Å². The van der Waals surface area contributed by atoms with Crippen LogP contribution in [0.15, 0.2) is 24.0 Å².